The lowest BCUT2D eigenvalue weighted by Crippen LogP contribution is -2.24. The molecule has 0 bridgehead atoms. The predicted octanol–water partition coefficient (Wildman–Crippen LogP) is 5.57. The largest absolute Gasteiger partial charge is 0.465 e. The molecule has 1 heterocycles. The van der Waals surface area contributed by atoms with Gasteiger partial charge in [-0.25, -0.2) is 9.18 Å². The Morgan fingerprint density at radius 3 is 2.62 bits per heavy atom. The number of methoxy groups -OCH3 is 1. The first kappa shape index (κ1) is 21.8. The number of carbonyl (C=O) groups is 2. The van der Waals surface area contributed by atoms with Gasteiger partial charge in [-0.2, -0.15) is 0 Å². The van der Waals surface area contributed by atoms with Crippen molar-refractivity contribution in [2.45, 2.75) is 18.9 Å². The van der Waals surface area contributed by atoms with Crippen molar-refractivity contribution in [1.82, 2.24) is 4.90 Å². The summed E-state index contributed by atoms with van der Waals surface area (Å²) in [6, 6.07) is 18.9. The predicted molar refractivity (Wildman–Crippen MR) is 118 cm³/mol. The zero-order valence-corrected chi connectivity index (χ0v) is 18.1. The minimum absolute atomic E-state index is 0.0181. The molecule has 0 saturated carbocycles. The number of likely N-dealkylation sites (tertiary alicyclic amines) is 1. The summed E-state index contributed by atoms with van der Waals surface area (Å²) in [6.07, 6.45) is 0.433. The van der Waals surface area contributed by atoms with Gasteiger partial charge in [0.25, 0.3) is 0 Å². The average Bonchev–Trinajstić information content (AvgIpc) is 3.17. The van der Waals surface area contributed by atoms with E-state index < -0.39 is 11.8 Å². The van der Waals surface area contributed by atoms with Crippen LogP contribution in [0.4, 0.5) is 4.39 Å². The fourth-order valence-corrected chi connectivity index (χ4v) is 3.89. The fourth-order valence-electron chi connectivity index (χ4n) is 3.77. The maximum atomic E-state index is 13.9. The third-order valence-electron chi connectivity index (χ3n) is 5.45. The minimum atomic E-state index is -0.615. The van der Waals surface area contributed by atoms with E-state index >= 15 is 0 Å². The quantitative estimate of drug-likeness (QED) is 0.457. The molecule has 1 atom stereocenters. The summed E-state index contributed by atoms with van der Waals surface area (Å²) in [6.45, 7) is 0.881. The Labute approximate surface area is 190 Å². The van der Waals surface area contributed by atoms with Crippen LogP contribution in [-0.4, -0.2) is 30.4 Å². The smallest absolute Gasteiger partial charge is 0.337 e. The van der Waals surface area contributed by atoms with Gasteiger partial charge in [0, 0.05) is 37.1 Å². The van der Waals surface area contributed by atoms with E-state index in [1.807, 2.05) is 30.3 Å². The van der Waals surface area contributed by atoms with Crippen molar-refractivity contribution in [2.24, 2.45) is 0 Å². The van der Waals surface area contributed by atoms with Gasteiger partial charge in [0.2, 0.25) is 5.91 Å². The van der Waals surface area contributed by atoms with Crippen molar-refractivity contribution in [3.8, 4) is 11.5 Å². The molecular formula is C25H21ClFNO4. The van der Waals surface area contributed by atoms with Gasteiger partial charge in [-0.1, -0.05) is 48.0 Å². The van der Waals surface area contributed by atoms with Crippen molar-refractivity contribution in [1.29, 1.82) is 0 Å². The van der Waals surface area contributed by atoms with Crippen LogP contribution in [0.3, 0.4) is 0 Å². The van der Waals surface area contributed by atoms with Crippen LogP contribution in [0.5, 0.6) is 11.5 Å². The monoisotopic (exact) mass is 453 g/mol. The summed E-state index contributed by atoms with van der Waals surface area (Å²) in [5, 5.41) is -0.0181. The SMILES string of the molecule is COC(=O)c1ccc(CN2C[C@H](c3ccccc3)CC2=O)c(Oc2ccc(Cl)c(F)c2)c1. The molecule has 0 unspecified atom stereocenters. The fraction of sp³-hybridized carbons (Fsp3) is 0.200. The van der Waals surface area contributed by atoms with E-state index in [0.29, 0.717) is 30.8 Å². The van der Waals surface area contributed by atoms with E-state index in [0.717, 1.165) is 5.56 Å². The number of amides is 1. The molecule has 1 aliphatic heterocycles. The highest BCUT2D eigenvalue weighted by Gasteiger charge is 2.31. The maximum absolute atomic E-state index is 13.9. The van der Waals surface area contributed by atoms with Gasteiger partial charge in [-0.3, -0.25) is 4.79 Å². The highest BCUT2D eigenvalue weighted by atomic mass is 35.5. The normalized spacial score (nSPS) is 15.7. The van der Waals surface area contributed by atoms with Gasteiger partial charge in [0.15, 0.2) is 0 Å². The van der Waals surface area contributed by atoms with Gasteiger partial charge < -0.3 is 14.4 Å². The summed E-state index contributed by atoms with van der Waals surface area (Å²) >= 11 is 5.76. The van der Waals surface area contributed by atoms with Crippen molar-refractivity contribution in [3.05, 3.63) is 94.3 Å². The molecule has 3 aromatic carbocycles. The number of nitrogens with zero attached hydrogens (tertiary/aromatic N) is 1. The molecule has 0 spiro atoms. The summed E-state index contributed by atoms with van der Waals surface area (Å²) in [4.78, 5) is 26.5. The number of hydrogen-bond donors (Lipinski definition) is 0. The number of hydrogen-bond acceptors (Lipinski definition) is 4. The molecule has 0 aliphatic carbocycles. The zero-order valence-electron chi connectivity index (χ0n) is 17.4. The number of ether oxygens (including phenoxy) is 2. The van der Waals surface area contributed by atoms with Gasteiger partial charge in [-0.15, -0.1) is 0 Å². The Kier molecular flexibility index (Phi) is 6.42. The van der Waals surface area contributed by atoms with Crippen LogP contribution in [0.1, 0.15) is 33.8 Å². The third-order valence-corrected chi connectivity index (χ3v) is 5.76. The van der Waals surface area contributed by atoms with Crippen molar-refractivity contribution in [3.63, 3.8) is 0 Å². The van der Waals surface area contributed by atoms with Gasteiger partial charge in [0.1, 0.15) is 17.3 Å². The zero-order chi connectivity index (χ0) is 22.7. The molecule has 1 amide bonds. The standard InChI is InChI=1S/C25H21ClFNO4/c1-31-25(30)17-7-8-18(23(11-17)32-20-9-10-21(26)22(27)13-20)14-28-15-19(12-24(28)29)16-5-3-2-4-6-16/h2-11,13,19H,12,14-15H2,1H3/t19-/m1/s1. The molecule has 164 valence electrons. The molecule has 4 rings (SSSR count). The average molecular weight is 454 g/mol. The lowest BCUT2D eigenvalue weighted by Gasteiger charge is -2.20. The van der Waals surface area contributed by atoms with Crippen LogP contribution in [0, 0.1) is 5.82 Å². The Hall–Kier alpha value is -3.38. The first-order chi connectivity index (χ1) is 15.4. The summed E-state index contributed by atoms with van der Waals surface area (Å²) in [7, 11) is 1.29. The Morgan fingerprint density at radius 2 is 1.91 bits per heavy atom. The first-order valence-electron chi connectivity index (χ1n) is 10.1. The van der Waals surface area contributed by atoms with Crippen LogP contribution < -0.4 is 4.74 Å². The molecule has 1 saturated heterocycles. The lowest BCUT2D eigenvalue weighted by molar-refractivity contribution is -0.128. The molecule has 0 N–H and O–H groups in total. The second-order valence-corrected chi connectivity index (χ2v) is 7.99. The number of benzene rings is 3. The second-order valence-electron chi connectivity index (χ2n) is 7.58. The Bertz CT molecular complexity index is 1150. The molecule has 7 heteroatoms. The summed E-state index contributed by atoms with van der Waals surface area (Å²) in [5.74, 6) is -0.414. The topological polar surface area (TPSA) is 55.8 Å². The highest BCUT2D eigenvalue weighted by Crippen LogP contribution is 2.33. The summed E-state index contributed by atoms with van der Waals surface area (Å²) in [5.41, 5.74) is 2.10. The number of halogens is 2. The van der Waals surface area contributed by atoms with E-state index in [2.05, 4.69) is 0 Å². The molecule has 5 nitrogen and oxygen atoms in total. The maximum Gasteiger partial charge on any atom is 0.337 e. The molecule has 3 aromatic rings. The molecule has 1 fully saturated rings. The van der Waals surface area contributed by atoms with Crippen LogP contribution in [0.2, 0.25) is 5.02 Å². The van der Waals surface area contributed by atoms with Crippen molar-refractivity contribution in [2.75, 3.05) is 13.7 Å². The van der Waals surface area contributed by atoms with E-state index in [1.54, 1.807) is 17.0 Å². The minimum Gasteiger partial charge on any atom is -0.465 e. The molecule has 0 aromatic heterocycles. The van der Waals surface area contributed by atoms with Crippen molar-refractivity contribution < 1.29 is 23.5 Å². The van der Waals surface area contributed by atoms with E-state index in [1.165, 1.54) is 31.4 Å². The number of carbonyl (C=O) groups excluding carboxylic acids is 2. The van der Waals surface area contributed by atoms with E-state index in [4.69, 9.17) is 21.1 Å². The molecule has 1 aliphatic rings. The Morgan fingerprint density at radius 1 is 1.12 bits per heavy atom. The van der Waals surface area contributed by atoms with Gasteiger partial charge in [0.05, 0.1) is 17.7 Å². The number of esters is 1. The van der Waals surface area contributed by atoms with Crippen LogP contribution >= 0.6 is 11.6 Å². The van der Waals surface area contributed by atoms with Gasteiger partial charge >= 0.3 is 5.97 Å². The summed E-state index contributed by atoms with van der Waals surface area (Å²) < 4.78 is 24.6. The van der Waals surface area contributed by atoms with E-state index in [-0.39, 0.29) is 28.2 Å². The first-order valence-corrected chi connectivity index (χ1v) is 10.5. The third kappa shape index (κ3) is 4.75. The van der Waals surface area contributed by atoms with Gasteiger partial charge in [-0.05, 0) is 29.8 Å². The Balaban J connectivity index is 1.60. The molecular weight excluding hydrogens is 433 g/mol. The van der Waals surface area contributed by atoms with E-state index in [9.17, 15) is 14.0 Å². The van der Waals surface area contributed by atoms with Crippen molar-refractivity contribution >= 4 is 23.5 Å². The lowest BCUT2D eigenvalue weighted by atomic mass is 9.98. The van der Waals surface area contributed by atoms with Crippen LogP contribution in [-0.2, 0) is 16.1 Å². The molecule has 32 heavy (non-hydrogen) atoms. The van der Waals surface area contributed by atoms with Crippen LogP contribution in [0.25, 0.3) is 0 Å². The molecule has 0 radical (unpaired) electrons. The highest BCUT2D eigenvalue weighted by molar-refractivity contribution is 6.30. The second kappa shape index (κ2) is 9.40. The number of rotatable bonds is 6. The van der Waals surface area contributed by atoms with Crippen LogP contribution in [0.15, 0.2) is 66.7 Å².